The molecule has 7 heteroatoms. The molecule has 0 saturated heterocycles. The Bertz CT molecular complexity index is 667. The topological polar surface area (TPSA) is 94.0 Å². The van der Waals surface area contributed by atoms with E-state index in [1.54, 1.807) is 0 Å². The standard InChI is InChI=1S/C14H16N4O2S/c1-8-6-10(15)4-5-11(8)21-7-12(19)16-14-18-17-13(20-14)9-2-3-9/h4-6,9H,2-3,7,15H2,1H3,(H,16,18,19). The van der Waals surface area contributed by atoms with Crippen molar-refractivity contribution in [1.82, 2.24) is 10.2 Å². The molecule has 6 nitrogen and oxygen atoms in total. The van der Waals surface area contributed by atoms with Crippen LogP contribution in [0.5, 0.6) is 0 Å². The van der Waals surface area contributed by atoms with Crippen molar-refractivity contribution < 1.29 is 9.21 Å². The van der Waals surface area contributed by atoms with Gasteiger partial charge in [-0.05, 0) is 43.5 Å². The Balaban J connectivity index is 1.53. The number of nitrogen functional groups attached to an aromatic ring is 1. The molecule has 110 valence electrons. The second-order valence-electron chi connectivity index (χ2n) is 5.08. The van der Waals surface area contributed by atoms with Crippen molar-refractivity contribution >= 4 is 29.4 Å². The number of benzene rings is 1. The third kappa shape index (κ3) is 3.55. The van der Waals surface area contributed by atoms with Gasteiger partial charge in [-0.25, -0.2) is 0 Å². The quantitative estimate of drug-likeness (QED) is 0.651. The lowest BCUT2D eigenvalue weighted by atomic mass is 10.2. The molecule has 0 bridgehead atoms. The summed E-state index contributed by atoms with van der Waals surface area (Å²) in [5, 5.41) is 10.4. The molecule has 3 rings (SSSR count). The fourth-order valence-corrected chi connectivity index (χ4v) is 2.72. The van der Waals surface area contributed by atoms with Gasteiger partial charge in [0.05, 0.1) is 5.75 Å². The monoisotopic (exact) mass is 304 g/mol. The molecule has 21 heavy (non-hydrogen) atoms. The first-order valence-electron chi connectivity index (χ1n) is 6.74. The summed E-state index contributed by atoms with van der Waals surface area (Å²) in [7, 11) is 0. The first-order chi connectivity index (χ1) is 10.1. The predicted molar refractivity (Wildman–Crippen MR) is 81.2 cm³/mol. The fraction of sp³-hybridized carbons (Fsp3) is 0.357. The number of aromatic nitrogens is 2. The molecule has 0 unspecified atom stereocenters. The summed E-state index contributed by atoms with van der Waals surface area (Å²) in [5.41, 5.74) is 7.48. The van der Waals surface area contributed by atoms with E-state index in [1.807, 2.05) is 25.1 Å². The Morgan fingerprint density at radius 1 is 1.48 bits per heavy atom. The van der Waals surface area contributed by atoms with Crippen LogP contribution in [0.15, 0.2) is 27.5 Å². The number of thioether (sulfide) groups is 1. The Morgan fingerprint density at radius 2 is 2.29 bits per heavy atom. The van der Waals surface area contributed by atoms with Crippen molar-refractivity contribution in [3.63, 3.8) is 0 Å². The lowest BCUT2D eigenvalue weighted by molar-refractivity contribution is -0.113. The number of nitrogens with zero attached hydrogens (tertiary/aromatic N) is 2. The molecule has 1 fully saturated rings. The van der Waals surface area contributed by atoms with Crippen LogP contribution in [0.2, 0.25) is 0 Å². The Kier molecular flexibility index (Phi) is 3.83. The van der Waals surface area contributed by atoms with Gasteiger partial charge < -0.3 is 10.2 Å². The van der Waals surface area contributed by atoms with Crippen molar-refractivity contribution in [2.45, 2.75) is 30.6 Å². The maximum absolute atomic E-state index is 11.9. The van der Waals surface area contributed by atoms with E-state index in [9.17, 15) is 4.79 Å². The zero-order chi connectivity index (χ0) is 14.8. The van der Waals surface area contributed by atoms with E-state index in [-0.39, 0.29) is 17.7 Å². The van der Waals surface area contributed by atoms with Crippen molar-refractivity contribution in [3.05, 3.63) is 29.7 Å². The number of hydrogen-bond acceptors (Lipinski definition) is 6. The summed E-state index contributed by atoms with van der Waals surface area (Å²) in [5.74, 6) is 1.12. The normalized spacial score (nSPS) is 14.1. The van der Waals surface area contributed by atoms with E-state index in [4.69, 9.17) is 10.2 Å². The number of nitrogens with one attached hydrogen (secondary N) is 1. The number of aryl methyl sites for hydroxylation is 1. The summed E-state index contributed by atoms with van der Waals surface area (Å²) in [4.78, 5) is 12.9. The SMILES string of the molecule is Cc1cc(N)ccc1SCC(=O)Nc1nnc(C2CC2)o1. The Labute approximate surface area is 126 Å². The molecule has 1 aromatic carbocycles. The maximum atomic E-state index is 11.9. The van der Waals surface area contributed by atoms with Crippen LogP contribution in [0.1, 0.15) is 30.2 Å². The van der Waals surface area contributed by atoms with Crippen LogP contribution in [0.3, 0.4) is 0 Å². The van der Waals surface area contributed by atoms with Gasteiger partial charge in [0.2, 0.25) is 11.8 Å². The number of carbonyl (C=O) groups excluding carboxylic acids is 1. The largest absolute Gasteiger partial charge is 0.408 e. The van der Waals surface area contributed by atoms with E-state index >= 15 is 0 Å². The van der Waals surface area contributed by atoms with E-state index < -0.39 is 0 Å². The summed E-state index contributed by atoms with van der Waals surface area (Å²) >= 11 is 1.45. The van der Waals surface area contributed by atoms with E-state index in [0.717, 1.165) is 29.0 Å². The molecule has 1 aliphatic rings. The third-order valence-electron chi connectivity index (χ3n) is 3.17. The molecule has 2 aromatic rings. The number of carbonyl (C=O) groups is 1. The molecule has 1 heterocycles. The molecule has 1 aromatic heterocycles. The van der Waals surface area contributed by atoms with E-state index in [1.165, 1.54) is 11.8 Å². The average Bonchev–Trinajstić information content (AvgIpc) is 3.19. The second-order valence-corrected chi connectivity index (χ2v) is 6.10. The van der Waals surface area contributed by atoms with Gasteiger partial charge in [0.15, 0.2) is 0 Å². The lowest BCUT2D eigenvalue weighted by Crippen LogP contribution is -2.14. The van der Waals surface area contributed by atoms with Gasteiger partial charge in [-0.15, -0.1) is 16.9 Å². The minimum atomic E-state index is -0.165. The van der Waals surface area contributed by atoms with Gasteiger partial charge in [0.1, 0.15) is 0 Å². The summed E-state index contributed by atoms with van der Waals surface area (Å²) in [6.07, 6.45) is 2.17. The van der Waals surface area contributed by atoms with Crippen LogP contribution in [-0.4, -0.2) is 21.9 Å². The van der Waals surface area contributed by atoms with E-state index in [0.29, 0.717) is 11.8 Å². The van der Waals surface area contributed by atoms with Gasteiger partial charge in [0, 0.05) is 16.5 Å². The highest BCUT2D eigenvalue weighted by atomic mass is 32.2. The summed E-state index contributed by atoms with van der Waals surface area (Å²) < 4.78 is 5.39. The molecular weight excluding hydrogens is 288 g/mol. The molecule has 0 aliphatic heterocycles. The highest BCUT2D eigenvalue weighted by Crippen LogP contribution is 2.39. The zero-order valence-electron chi connectivity index (χ0n) is 11.6. The number of nitrogens with two attached hydrogens (primary N) is 1. The molecular formula is C14H16N4O2S. The molecule has 0 spiro atoms. The predicted octanol–water partition coefficient (Wildman–Crippen LogP) is 2.57. The number of hydrogen-bond donors (Lipinski definition) is 2. The Morgan fingerprint density at radius 3 is 3.00 bits per heavy atom. The fourth-order valence-electron chi connectivity index (χ4n) is 1.91. The zero-order valence-corrected chi connectivity index (χ0v) is 12.4. The van der Waals surface area contributed by atoms with Gasteiger partial charge in [-0.3, -0.25) is 10.1 Å². The van der Waals surface area contributed by atoms with Crippen LogP contribution in [0.4, 0.5) is 11.7 Å². The van der Waals surface area contributed by atoms with Crippen molar-refractivity contribution in [2.75, 3.05) is 16.8 Å². The molecule has 1 aliphatic carbocycles. The number of amides is 1. The smallest absolute Gasteiger partial charge is 0.322 e. The second kappa shape index (κ2) is 5.77. The number of rotatable bonds is 5. The van der Waals surface area contributed by atoms with Crippen molar-refractivity contribution in [1.29, 1.82) is 0 Å². The van der Waals surface area contributed by atoms with Crippen LogP contribution < -0.4 is 11.1 Å². The highest BCUT2D eigenvalue weighted by molar-refractivity contribution is 8.00. The summed E-state index contributed by atoms with van der Waals surface area (Å²) in [6, 6.07) is 5.81. The van der Waals surface area contributed by atoms with Gasteiger partial charge in [0.25, 0.3) is 0 Å². The van der Waals surface area contributed by atoms with Crippen LogP contribution in [-0.2, 0) is 4.79 Å². The first-order valence-corrected chi connectivity index (χ1v) is 7.72. The first kappa shape index (κ1) is 13.9. The molecule has 0 radical (unpaired) electrons. The van der Waals surface area contributed by atoms with Crippen LogP contribution in [0, 0.1) is 6.92 Å². The minimum absolute atomic E-state index is 0.165. The number of anilines is 2. The highest BCUT2D eigenvalue weighted by Gasteiger charge is 2.29. The van der Waals surface area contributed by atoms with Gasteiger partial charge in [-0.2, -0.15) is 0 Å². The Hall–Kier alpha value is -2.02. The van der Waals surface area contributed by atoms with Crippen molar-refractivity contribution in [3.8, 4) is 0 Å². The molecule has 3 N–H and O–H groups in total. The lowest BCUT2D eigenvalue weighted by Gasteiger charge is -2.05. The van der Waals surface area contributed by atoms with Gasteiger partial charge in [-0.1, -0.05) is 5.10 Å². The maximum Gasteiger partial charge on any atom is 0.322 e. The van der Waals surface area contributed by atoms with Crippen LogP contribution >= 0.6 is 11.8 Å². The average molecular weight is 304 g/mol. The van der Waals surface area contributed by atoms with Crippen LogP contribution in [0.25, 0.3) is 0 Å². The van der Waals surface area contributed by atoms with Crippen molar-refractivity contribution in [2.24, 2.45) is 0 Å². The van der Waals surface area contributed by atoms with E-state index in [2.05, 4.69) is 15.5 Å². The third-order valence-corrected chi connectivity index (χ3v) is 4.35. The minimum Gasteiger partial charge on any atom is -0.408 e. The van der Waals surface area contributed by atoms with Gasteiger partial charge >= 0.3 is 6.01 Å². The molecule has 1 amide bonds. The molecule has 0 atom stereocenters. The summed E-state index contributed by atoms with van der Waals surface area (Å²) in [6.45, 7) is 1.97. The molecule has 1 saturated carbocycles.